The van der Waals surface area contributed by atoms with Gasteiger partial charge in [-0.2, -0.15) is 0 Å². The first-order valence-electron chi connectivity index (χ1n) is 8.35. The van der Waals surface area contributed by atoms with Gasteiger partial charge in [0, 0.05) is 19.7 Å². The second-order valence-corrected chi connectivity index (χ2v) is 6.63. The summed E-state index contributed by atoms with van der Waals surface area (Å²) >= 11 is 5.81. The highest BCUT2D eigenvalue weighted by Gasteiger charge is 2.17. The molecule has 1 aromatic carbocycles. The molecule has 0 aliphatic heterocycles. The fraction of sp³-hybridized carbons (Fsp3) is 0.150. The lowest BCUT2D eigenvalue weighted by Gasteiger charge is -2.12. The van der Waals surface area contributed by atoms with Crippen LogP contribution in [0.25, 0.3) is 5.52 Å². The fourth-order valence-corrected chi connectivity index (χ4v) is 3.17. The van der Waals surface area contributed by atoms with Crippen molar-refractivity contribution in [2.45, 2.75) is 12.8 Å². The fourth-order valence-electron chi connectivity index (χ4n) is 2.98. The molecule has 1 amide bonds. The van der Waals surface area contributed by atoms with Crippen LogP contribution in [0.2, 0.25) is 5.02 Å². The largest absolute Gasteiger partial charge is 0.477 e. The van der Waals surface area contributed by atoms with E-state index in [4.69, 9.17) is 11.6 Å². The number of hydrogen-bond donors (Lipinski definition) is 2. The number of aromatic carboxylic acids is 1. The summed E-state index contributed by atoms with van der Waals surface area (Å²) in [5.41, 5.74) is 0.578. The molecule has 2 N–H and O–H groups in total. The summed E-state index contributed by atoms with van der Waals surface area (Å²) in [5, 5.41) is 11.8. The number of pyridine rings is 2. The van der Waals surface area contributed by atoms with Gasteiger partial charge in [-0.25, -0.2) is 9.18 Å². The van der Waals surface area contributed by atoms with Gasteiger partial charge in [-0.3, -0.25) is 14.0 Å². The molecular formula is C20H16ClFN2O4. The van der Waals surface area contributed by atoms with Crippen LogP contribution in [0.3, 0.4) is 0 Å². The van der Waals surface area contributed by atoms with Crippen LogP contribution in [-0.4, -0.2) is 28.4 Å². The van der Waals surface area contributed by atoms with Crippen LogP contribution in [0.5, 0.6) is 0 Å². The first-order valence-corrected chi connectivity index (χ1v) is 8.73. The summed E-state index contributed by atoms with van der Waals surface area (Å²) in [6.07, 6.45) is 1.54. The third kappa shape index (κ3) is 3.75. The predicted molar refractivity (Wildman–Crippen MR) is 103 cm³/mol. The average Bonchev–Trinajstić information content (AvgIpc) is 2.67. The monoisotopic (exact) mass is 402 g/mol. The van der Waals surface area contributed by atoms with Crippen LogP contribution < -0.4 is 10.9 Å². The van der Waals surface area contributed by atoms with Gasteiger partial charge in [-0.05, 0) is 34.9 Å². The van der Waals surface area contributed by atoms with Gasteiger partial charge in [0.25, 0.3) is 5.56 Å². The number of halogens is 2. The SMILES string of the molecule is CNC(=O)Cc1cc(C(=O)O)c(=O)n2cc(Cc3cccc(Cl)c3F)ccc12. The van der Waals surface area contributed by atoms with Crippen LogP contribution >= 0.6 is 11.6 Å². The van der Waals surface area contributed by atoms with E-state index in [-0.39, 0.29) is 23.8 Å². The average molecular weight is 403 g/mol. The van der Waals surface area contributed by atoms with Gasteiger partial charge < -0.3 is 10.4 Å². The molecule has 0 radical (unpaired) electrons. The number of hydrogen-bond acceptors (Lipinski definition) is 3. The molecule has 0 saturated carbocycles. The van der Waals surface area contributed by atoms with E-state index in [2.05, 4.69) is 5.32 Å². The van der Waals surface area contributed by atoms with Crippen molar-refractivity contribution < 1.29 is 19.1 Å². The first kappa shape index (κ1) is 19.6. The number of likely N-dealkylation sites (N-methyl/N-ethyl adjacent to an activating group) is 1. The lowest BCUT2D eigenvalue weighted by atomic mass is 10.0. The Morgan fingerprint density at radius 1 is 1.21 bits per heavy atom. The second kappa shape index (κ2) is 7.82. The molecule has 28 heavy (non-hydrogen) atoms. The molecule has 0 fully saturated rings. The summed E-state index contributed by atoms with van der Waals surface area (Å²) in [7, 11) is 1.47. The summed E-state index contributed by atoms with van der Waals surface area (Å²) in [6.45, 7) is 0. The number of benzene rings is 1. The van der Waals surface area contributed by atoms with Crippen LogP contribution in [0, 0.1) is 5.82 Å². The molecule has 2 aromatic heterocycles. The molecule has 3 rings (SSSR count). The number of carbonyl (C=O) groups is 2. The number of nitrogens with zero attached hydrogens (tertiary/aromatic N) is 1. The van der Waals surface area contributed by atoms with Crippen LogP contribution in [0.4, 0.5) is 4.39 Å². The zero-order chi connectivity index (χ0) is 20.4. The number of fused-ring (bicyclic) bond motifs is 1. The van der Waals surface area contributed by atoms with Gasteiger partial charge in [0.1, 0.15) is 11.4 Å². The molecule has 144 valence electrons. The quantitative estimate of drug-likeness (QED) is 0.686. The maximum absolute atomic E-state index is 14.2. The summed E-state index contributed by atoms with van der Waals surface area (Å²) in [5.74, 6) is -2.25. The number of nitrogens with one attached hydrogen (secondary N) is 1. The Morgan fingerprint density at radius 2 is 1.96 bits per heavy atom. The van der Waals surface area contributed by atoms with Gasteiger partial charge >= 0.3 is 5.97 Å². The lowest BCUT2D eigenvalue weighted by molar-refractivity contribution is -0.119. The molecule has 0 unspecified atom stereocenters. The number of rotatable bonds is 5. The summed E-state index contributed by atoms with van der Waals surface area (Å²) < 4.78 is 15.4. The molecule has 8 heteroatoms. The topological polar surface area (TPSA) is 87.9 Å². The van der Waals surface area contributed by atoms with Crippen LogP contribution in [0.1, 0.15) is 27.0 Å². The Labute approximate surface area is 164 Å². The zero-order valence-electron chi connectivity index (χ0n) is 14.8. The molecule has 2 heterocycles. The molecule has 0 aliphatic rings. The number of carbonyl (C=O) groups excluding carboxylic acids is 1. The maximum atomic E-state index is 14.2. The minimum absolute atomic E-state index is 0.00326. The molecule has 0 bridgehead atoms. The van der Waals surface area contributed by atoms with Crippen LogP contribution in [0.15, 0.2) is 47.4 Å². The van der Waals surface area contributed by atoms with E-state index in [1.807, 2.05) is 0 Å². The van der Waals surface area contributed by atoms with Gasteiger partial charge in [-0.15, -0.1) is 0 Å². The number of carboxylic acids is 1. The second-order valence-electron chi connectivity index (χ2n) is 6.23. The molecule has 0 saturated heterocycles. The van der Waals surface area contributed by atoms with E-state index < -0.39 is 22.9 Å². The first-order chi connectivity index (χ1) is 13.3. The van der Waals surface area contributed by atoms with E-state index in [0.717, 1.165) is 0 Å². The van der Waals surface area contributed by atoms with Crippen molar-refractivity contribution in [3.8, 4) is 0 Å². The van der Waals surface area contributed by atoms with E-state index >= 15 is 0 Å². The van der Waals surface area contributed by atoms with E-state index in [1.165, 1.54) is 29.8 Å². The normalized spacial score (nSPS) is 10.8. The molecular weight excluding hydrogens is 387 g/mol. The highest BCUT2D eigenvalue weighted by Crippen LogP contribution is 2.21. The van der Waals surface area contributed by atoms with Gasteiger partial charge in [0.05, 0.1) is 17.0 Å². The Bertz CT molecular complexity index is 1160. The minimum Gasteiger partial charge on any atom is -0.477 e. The van der Waals surface area contributed by atoms with Crippen molar-refractivity contribution in [2.75, 3.05) is 7.05 Å². The van der Waals surface area contributed by atoms with Crippen molar-refractivity contribution in [3.05, 3.63) is 86.0 Å². The van der Waals surface area contributed by atoms with Crippen molar-refractivity contribution in [2.24, 2.45) is 0 Å². The molecule has 6 nitrogen and oxygen atoms in total. The maximum Gasteiger partial charge on any atom is 0.341 e. The van der Waals surface area contributed by atoms with E-state index in [0.29, 0.717) is 22.2 Å². The standard InChI is InChI=1S/C20H16ClFN2O4/c1-23-17(25)9-13-8-14(20(27)28)19(26)24-10-11(5-6-16(13)24)7-12-3-2-4-15(21)18(12)22/h2-6,8,10H,7,9H2,1H3,(H,23,25)(H,27,28). The molecule has 0 spiro atoms. The van der Waals surface area contributed by atoms with Crippen LogP contribution in [-0.2, 0) is 17.6 Å². The van der Waals surface area contributed by atoms with Gasteiger partial charge in [0.15, 0.2) is 0 Å². The van der Waals surface area contributed by atoms with E-state index in [1.54, 1.807) is 24.3 Å². The Balaban J connectivity index is 2.15. The smallest absolute Gasteiger partial charge is 0.341 e. The van der Waals surface area contributed by atoms with Crippen molar-refractivity contribution >= 4 is 29.0 Å². The third-order valence-electron chi connectivity index (χ3n) is 4.39. The molecule has 0 aliphatic carbocycles. The molecule has 0 atom stereocenters. The number of amides is 1. The third-order valence-corrected chi connectivity index (χ3v) is 4.68. The van der Waals surface area contributed by atoms with Gasteiger partial charge in [-0.1, -0.05) is 29.8 Å². The van der Waals surface area contributed by atoms with Crippen molar-refractivity contribution in [3.63, 3.8) is 0 Å². The number of carboxylic acid groups (broad SMARTS) is 1. The highest BCUT2D eigenvalue weighted by atomic mass is 35.5. The number of aromatic nitrogens is 1. The van der Waals surface area contributed by atoms with Crippen molar-refractivity contribution in [1.82, 2.24) is 9.72 Å². The summed E-state index contributed by atoms with van der Waals surface area (Å²) in [6, 6.07) is 9.17. The minimum atomic E-state index is -1.39. The Morgan fingerprint density at radius 3 is 2.64 bits per heavy atom. The summed E-state index contributed by atoms with van der Waals surface area (Å²) in [4.78, 5) is 35.8. The lowest BCUT2D eigenvalue weighted by Crippen LogP contribution is -2.26. The van der Waals surface area contributed by atoms with E-state index in [9.17, 15) is 23.9 Å². The Hall–Kier alpha value is -3.19. The predicted octanol–water partition coefficient (Wildman–Crippen LogP) is 2.67. The molecule has 3 aromatic rings. The van der Waals surface area contributed by atoms with Crippen molar-refractivity contribution in [1.29, 1.82) is 0 Å². The van der Waals surface area contributed by atoms with Gasteiger partial charge in [0.2, 0.25) is 5.91 Å². The zero-order valence-corrected chi connectivity index (χ0v) is 15.6. The Kier molecular flexibility index (Phi) is 5.46. The highest BCUT2D eigenvalue weighted by molar-refractivity contribution is 6.30.